The molecule has 5 nitrogen and oxygen atoms in total. The number of fused-ring (bicyclic) bond motifs is 2. The molecule has 2 aromatic heterocycles. The van der Waals surface area contributed by atoms with Crippen molar-refractivity contribution < 1.29 is 4.79 Å². The van der Waals surface area contributed by atoms with Crippen molar-refractivity contribution in [2.75, 3.05) is 6.54 Å². The second-order valence-electron chi connectivity index (χ2n) is 8.76. The van der Waals surface area contributed by atoms with E-state index in [9.17, 15) is 10.1 Å². The Balaban J connectivity index is 1.38. The van der Waals surface area contributed by atoms with Crippen molar-refractivity contribution in [3.8, 4) is 6.07 Å². The number of aromatic nitrogens is 2. The number of amides is 1. The first-order valence-corrected chi connectivity index (χ1v) is 12.2. The van der Waals surface area contributed by atoms with Crippen molar-refractivity contribution in [1.29, 1.82) is 5.26 Å². The van der Waals surface area contributed by atoms with Gasteiger partial charge in [0.05, 0.1) is 0 Å². The number of nitriles is 1. The minimum absolute atomic E-state index is 0.0893. The zero-order valence-corrected chi connectivity index (χ0v) is 20.6. The molecular weight excluding hydrogens is 468 g/mol. The number of carbonyl (C=O) groups is 1. The van der Waals surface area contributed by atoms with Crippen LogP contribution in [0.3, 0.4) is 0 Å². The first kappa shape index (κ1) is 23.5. The van der Waals surface area contributed by atoms with Crippen LogP contribution >= 0.6 is 11.6 Å². The van der Waals surface area contributed by atoms with Gasteiger partial charge in [-0.1, -0.05) is 60.1 Å². The summed E-state index contributed by atoms with van der Waals surface area (Å²) in [5.74, 6) is -0.369. The van der Waals surface area contributed by atoms with Crippen LogP contribution in [0, 0.1) is 18.3 Å². The lowest BCUT2D eigenvalue weighted by atomic mass is 10.1. The van der Waals surface area contributed by atoms with E-state index in [1.165, 1.54) is 0 Å². The lowest BCUT2D eigenvalue weighted by Gasteiger charge is -2.09. The number of benzene rings is 3. The van der Waals surface area contributed by atoms with Crippen molar-refractivity contribution in [3.05, 3.63) is 112 Å². The summed E-state index contributed by atoms with van der Waals surface area (Å²) in [5.41, 5.74) is 6.33. The second-order valence-corrected chi connectivity index (χ2v) is 9.20. The van der Waals surface area contributed by atoms with Gasteiger partial charge >= 0.3 is 0 Å². The number of aromatic amines is 1. The number of halogens is 1. The zero-order valence-electron chi connectivity index (χ0n) is 19.9. The number of nitrogens with one attached hydrogen (secondary N) is 2. The number of hydrogen-bond donors (Lipinski definition) is 2. The van der Waals surface area contributed by atoms with Crippen molar-refractivity contribution in [1.82, 2.24) is 14.9 Å². The molecule has 0 unspecified atom stereocenters. The Morgan fingerprint density at radius 1 is 1.06 bits per heavy atom. The lowest BCUT2D eigenvalue weighted by molar-refractivity contribution is -0.117. The molecule has 0 spiro atoms. The molecule has 0 bridgehead atoms. The van der Waals surface area contributed by atoms with Gasteiger partial charge in [-0.25, -0.2) is 0 Å². The summed E-state index contributed by atoms with van der Waals surface area (Å²) in [4.78, 5) is 16.2. The summed E-state index contributed by atoms with van der Waals surface area (Å²) in [6.45, 7) is 3.12. The van der Waals surface area contributed by atoms with Crippen LogP contribution in [0.1, 0.15) is 22.4 Å². The lowest BCUT2D eigenvalue weighted by Crippen LogP contribution is -2.26. The highest BCUT2D eigenvalue weighted by Crippen LogP contribution is 2.29. The zero-order chi connectivity index (χ0) is 25.1. The number of hydrogen-bond acceptors (Lipinski definition) is 2. The van der Waals surface area contributed by atoms with Crippen LogP contribution in [0.2, 0.25) is 5.02 Å². The van der Waals surface area contributed by atoms with Gasteiger partial charge in [0.15, 0.2) is 0 Å². The van der Waals surface area contributed by atoms with Gasteiger partial charge in [-0.05, 0) is 54.8 Å². The highest BCUT2D eigenvalue weighted by Gasteiger charge is 2.16. The quantitative estimate of drug-likeness (QED) is 0.204. The van der Waals surface area contributed by atoms with E-state index < -0.39 is 0 Å². The fraction of sp³-hybridized carbons (Fsp3) is 0.133. The minimum Gasteiger partial charge on any atom is -0.361 e. The molecule has 178 valence electrons. The molecule has 0 saturated carbocycles. The molecule has 5 rings (SSSR count). The number of nitrogens with zero attached hydrogens (tertiary/aromatic N) is 2. The molecule has 2 heterocycles. The predicted molar refractivity (Wildman–Crippen MR) is 146 cm³/mol. The van der Waals surface area contributed by atoms with E-state index in [-0.39, 0.29) is 11.5 Å². The molecule has 0 saturated heterocycles. The molecule has 0 radical (unpaired) electrons. The summed E-state index contributed by atoms with van der Waals surface area (Å²) in [5, 5.41) is 15.6. The van der Waals surface area contributed by atoms with Crippen LogP contribution in [0.4, 0.5) is 0 Å². The topological polar surface area (TPSA) is 73.6 Å². The number of H-pyrrole nitrogens is 1. The Morgan fingerprint density at radius 2 is 1.78 bits per heavy atom. The number of rotatable bonds is 7. The number of para-hydroxylation sites is 2. The summed E-state index contributed by atoms with van der Waals surface area (Å²) >= 11 is 6.05. The van der Waals surface area contributed by atoms with Crippen molar-refractivity contribution in [2.45, 2.75) is 19.9 Å². The Bertz CT molecular complexity index is 1630. The van der Waals surface area contributed by atoms with E-state index in [0.717, 1.165) is 44.2 Å². The smallest absolute Gasteiger partial charge is 0.261 e. The highest BCUT2D eigenvalue weighted by atomic mass is 35.5. The summed E-state index contributed by atoms with van der Waals surface area (Å²) < 4.78 is 2.20. The molecule has 1 amide bonds. The van der Waals surface area contributed by atoms with Gasteiger partial charge in [-0.2, -0.15) is 5.26 Å². The third kappa shape index (κ3) is 4.64. The molecule has 0 aliphatic carbocycles. The summed E-state index contributed by atoms with van der Waals surface area (Å²) in [6.07, 6.45) is 4.35. The maximum atomic E-state index is 12.9. The van der Waals surface area contributed by atoms with Gasteiger partial charge < -0.3 is 14.9 Å². The van der Waals surface area contributed by atoms with Gasteiger partial charge in [-0.3, -0.25) is 4.79 Å². The maximum absolute atomic E-state index is 12.9. The van der Waals surface area contributed by atoms with Crippen molar-refractivity contribution >= 4 is 45.4 Å². The van der Waals surface area contributed by atoms with E-state index >= 15 is 0 Å². The van der Waals surface area contributed by atoms with Gasteiger partial charge in [0, 0.05) is 57.4 Å². The van der Waals surface area contributed by atoms with E-state index in [1.54, 1.807) is 6.08 Å². The summed E-state index contributed by atoms with van der Waals surface area (Å²) in [7, 11) is 0. The van der Waals surface area contributed by atoms with E-state index in [4.69, 9.17) is 11.6 Å². The van der Waals surface area contributed by atoms with E-state index in [2.05, 4.69) is 33.1 Å². The molecule has 5 aromatic rings. The van der Waals surface area contributed by atoms with E-state index in [1.807, 2.05) is 73.8 Å². The van der Waals surface area contributed by atoms with Crippen LogP contribution in [0.5, 0.6) is 0 Å². The van der Waals surface area contributed by atoms with Crippen LogP contribution in [-0.4, -0.2) is 22.0 Å². The first-order chi connectivity index (χ1) is 17.5. The fourth-order valence-electron chi connectivity index (χ4n) is 4.65. The number of carbonyl (C=O) groups excluding carboxylic acids is 1. The SMILES string of the molecule is Cc1c(/C=C(/C#N)C(=O)NCCc2c[nH]c3ccccc23)c2ccccc2n1Cc1ccc(Cl)cc1. The Morgan fingerprint density at radius 3 is 2.56 bits per heavy atom. The van der Waals surface area contributed by atoms with Gasteiger partial charge in [0.2, 0.25) is 0 Å². The standard InChI is InChI=1S/C30H25ClN4O/c1-20-27(26-7-3-5-9-29(26)35(20)19-21-10-12-24(31)13-11-21)16-23(17-32)30(36)33-15-14-22-18-34-28-8-4-2-6-25(22)28/h2-13,16,18,34H,14-15,19H2,1H3,(H,33,36)/b23-16-. The second kappa shape index (κ2) is 10.2. The summed E-state index contributed by atoms with van der Waals surface area (Å²) in [6, 6.07) is 26.0. The molecule has 2 N–H and O–H groups in total. The van der Waals surface area contributed by atoms with Crippen LogP contribution < -0.4 is 5.32 Å². The fourth-order valence-corrected chi connectivity index (χ4v) is 4.78. The molecule has 3 aromatic carbocycles. The maximum Gasteiger partial charge on any atom is 0.261 e. The molecule has 6 heteroatoms. The Hall–Kier alpha value is -4.27. The highest BCUT2D eigenvalue weighted by molar-refractivity contribution is 6.30. The Labute approximate surface area is 214 Å². The van der Waals surface area contributed by atoms with Crippen molar-refractivity contribution in [2.24, 2.45) is 0 Å². The molecule has 0 atom stereocenters. The average Bonchev–Trinajstić information content (AvgIpc) is 3.42. The van der Waals surface area contributed by atoms with Crippen LogP contribution in [0.25, 0.3) is 27.9 Å². The predicted octanol–water partition coefficient (Wildman–Crippen LogP) is 6.40. The third-order valence-corrected chi connectivity index (χ3v) is 6.79. The molecule has 0 aliphatic heterocycles. The van der Waals surface area contributed by atoms with Crippen LogP contribution in [0.15, 0.2) is 84.6 Å². The van der Waals surface area contributed by atoms with Gasteiger partial charge in [0.25, 0.3) is 5.91 Å². The normalized spacial score (nSPS) is 11.6. The monoisotopic (exact) mass is 492 g/mol. The van der Waals surface area contributed by atoms with E-state index in [0.29, 0.717) is 24.5 Å². The molecule has 0 aliphatic rings. The largest absolute Gasteiger partial charge is 0.361 e. The van der Waals surface area contributed by atoms with Crippen LogP contribution in [-0.2, 0) is 17.8 Å². The average molecular weight is 493 g/mol. The Kier molecular flexibility index (Phi) is 6.62. The van der Waals surface area contributed by atoms with Gasteiger partial charge in [0.1, 0.15) is 11.6 Å². The van der Waals surface area contributed by atoms with Gasteiger partial charge in [-0.15, -0.1) is 0 Å². The third-order valence-electron chi connectivity index (χ3n) is 6.54. The van der Waals surface area contributed by atoms with Crippen molar-refractivity contribution in [3.63, 3.8) is 0 Å². The first-order valence-electron chi connectivity index (χ1n) is 11.8. The molecule has 0 fully saturated rings. The minimum atomic E-state index is -0.369. The molecule has 36 heavy (non-hydrogen) atoms. The molecular formula is C30H25ClN4O.